The number of nitro groups is 1. The number of nitrogens with zero attached hydrogens (tertiary/aromatic N) is 3. The highest BCUT2D eigenvalue weighted by molar-refractivity contribution is 5.42. The van der Waals surface area contributed by atoms with E-state index in [1.54, 1.807) is 6.07 Å². The van der Waals surface area contributed by atoms with Crippen LogP contribution in [0, 0.1) is 16.0 Å². The van der Waals surface area contributed by atoms with Crippen molar-refractivity contribution < 1.29 is 10.0 Å². The molecule has 6 heteroatoms. The van der Waals surface area contributed by atoms with Crippen molar-refractivity contribution in [1.29, 1.82) is 0 Å². The van der Waals surface area contributed by atoms with Gasteiger partial charge in [0.05, 0.1) is 11.0 Å². The van der Waals surface area contributed by atoms with Gasteiger partial charge in [0.1, 0.15) is 12.0 Å². The third-order valence-electron chi connectivity index (χ3n) is 3.08. The second-order valence-corrected chi connectivity index (χ2v) is 4.50. The van der Waals surface area contributed by atoms with Gasteiger partial charge in [-0.15, -0.1) is 0 Å². The van der Waals surface area contributed by atoms with Crippen molar-refractivity contribution in [3.63, 3.8) is 0 Å². The summed E-state index contributed by atoms with van der Waals surface area (Å²) in [7, 11) is 1.90. The SMILES string of the molecule is CN(CC1CC(O)C1)c1ccc([N+](=O)[O-])cn1. The molecule has 6 nitrogen and oxygen atoms in total. The fraction of sp³-hybridized carbons (Fsp3) is 0.545. The Labute approximate surface area is 99.0 Å². The summed E-state index contributed by atoms with van der Waals surface area (Å²) in [5.41, 5.74) is 0.00113. The van der Waals surface area contributed by atoms with Crippen LogP contribution in [-0.4, -0.2) is 34.7 Å². The maximum absolute atomic E-state index is 10.5. The first-order chi connectivity index (χ1) is 8.06. The lowest BCUT2D eigenvalue weighted by atomic mass is 9.82. The molecule has 1 saturated carbocycles. The smallest absolute Gasteiger partial charge is 0.287 e. The first-order valence-corrected chi connectivity index (χ1v) is 5.56. The quantitative estimate of drug-likeness (QED) is 0.628. The number of aromatic nitrogens is 1. The predicted molar refractivity (Wildman–Crippen MR) is 62.9 cm³/mol. The summed E-state index contributed by atoms with van der Waals surface area (Å²) in [5, 5.41) is 19.7. The number of pyridine rings is 1. The van der Waals surface area contributed by atoms with Crippen LogP contribution in [0.1, 0.15) is 12.8 Å². The molecule has 0 aromatic carbocycles. The van der Waals surface area contributed by atoms with Crippen molar-refractivity contribution in [1.82, 2.24) is 4.98 Å². The molecule has 1 heterocycles. The minimum absolute atomic E-state index is 0.00113. The van der Waals surface area contributed by atoms with Crippen LogP contribution in [-0.2, 0) is 0 Å². The summed E-state index contributed by atoms with van der Waals surface area (Å²) in [5.74, 6) is 1.21. The number of rotatable bonds is 4. The molecule has 1 aromatic rings. The second-order valence-electron chi connectivity index (χ2n) is 4.50. The van der Waals surface area contributed by atoms with Gasteiger partial charge >= 0.3 is 0 Å². The number of hydrogen-bond acceptors (Lipinski definition) is 5. The normalized spacial score (nSPS) is 22.9. The molecule has 0 unspecified atom stereocenters. The van der Waals surface area contributed by atoms with Crippen molar-refractivity contribution in [2.45, 2.75) is 18.9 Å². The van der Waals surface area contributed by atoms with Crippen LogP contribution in [0.15, 0.2) is 18.3 Å². The Morgan fingerprint density at radius 3 is 2.76 bits per heavy atom. The fourth-order valence-corrected chi connectivity index (χ4v) is 2.04. The van der Waals surface area contributed by atoms with E-state index in [1.165, 1.54) is 12.3 Å². The van der Waals surface area contributed by atoms with Crippen molar-refractivity contribution >= 4 is 11.5 Å². The molecular weight excluding hydrogens is 222 g/mol. The molecule has 2 rings (SSSR count). The van der Waals surface area contributed by atoms with Gasteiger partial charge in [0.25, 0.3) is 5.69 Å². The lowest BCUT2D eigenvalue weighted by Gasteiger charge is -2.34. The largest absolute Gasteiger partial charge is 0.393 e. The Hall–Kier alpha value is -1.69. The Morgan fingerprint density at radius 2 is 2.29 bits per heavy atom. The second kappa shape index (κ2) is 4.67. The zero-order valence-electron chi connectivity index (χ0n) is 9.61. The van der Waals surface area contributed by atoms with Gasteiger partial charge in [-0.05, 0) is 24.8 Å². The van der Waals surface area contributed by atoms with Gasteiger partial charge in [-0.3, -0.25) is 10.1 Å². The van der Waals surface area contributed by atoms with Crippen LogP contribution < -0.4 is 4.90 Å². The summed E-state index contributed by atoms with van der Waals surface area (Å²) in [4.78, 5) is 16.0. The fourth-order valence-electron chi connectivity index (χ4n) is 2.04. The highest BCUT2D eigenvalue weighted by Gasteiger charge is 2.28. The van der Waals surface area contributed by atoms with Crippen LogP contribution in [0.5, 0.6) is 0 Å². The molecular formula is C11H15N3O3. The summed E-state index contributed by atoms with van der Waals surface area (Å²) in [6.45, 7) is 0.821. The third-order valence-corrected chi connectivity index (χ3v) is 3.08. The van der Waals surface area contributed by atoms with E-state index in [0.29, 0.717) is 5.92 Å². The molecule has 0 radical (unpaired) electrons. The molecule has 1 N–H and O–H groups in total. The molecule has 0 atom stereocenters. The number of anilines is 1. The third kappa shape index (κ3) is 2.71. The van der Waals surface area contributed by atoms with E-state index in [4.69, 9.17) is 0 Å². The zero-order chi connectivity index (χ0) is 12.4. The van der Waals surface area contributed by atoms with Gasteiger partial charge in [0, 0.05) is 19.7 Å². The summed E-state index contributed by atoms with van der Waals surface area (Å²) in [6, 6.07) is 3.10. The van der Waals surface area contributed by atoms with Crippen LogP contribution >= 0.6 is 0 Å². The highest BCUT2D eigenvalue weighted by atomic mass is 16.6. The molecule has 1 aliphatic carbocycles. The van der Waals surface area contributed by atoms with E-state index < -0.39 is 4.92 Å². The maximum atomic E-state index is 10.5. The van der Waals surface area contributed by atoms with Gasteiger partial charge in [-0.1, -0.05) is 0 Å². The maximum Gasteiger partial charge on any atom is 0.287 e. The highest BCUT2D eigenvalue weighted by Crippen LogP contribution is 2.28. The summed E-state index contributed by atoms with van der Waals surface area (Å²) < 4.78 is 0. The van der Waals surface area contributed by atoms with Gasteiger partial charge in [0.2, 0.25) is 0 Å². The van der Waals surface area contributed by atoms with E-state index in [9.17, 15) is 15.2 Å². The van der Waals surface area contributed by atoms with Crippen molar-refractivity contribution in [2.24, 2.45) is 5.92 Å². The Morgan fingerprint density at radius 1 is 1.59 bits per heavy atom. The minimum atomic E-state index is -0.459. The minimum Gasteiger partial charge on any atom is -0.393 e. The van der Waals surface area contributed by atoms with E-state index in [2.05, 4.69) is 4.98 Å². The van der Waals surface area contributed by atoms with Crippen molar-refractivity contribution in [2.75, 3.05) is 18.5 Å². The molecule has 0 saturated heterocycles. The molecule has 1 aliphatic rings. The molecule has 0 bridgehead atoms. The Kier molecular flexibility index (Phi) is 3.23. The number of aliphatic hydroxyl groups excluding tert-OH is 1. The van der Waals surface area contributed by atoms with Gasteiger partial charge in [0.15, 0.2) is 0 Å². The first kappa shape index (κ1) is 11.8. The summed E-state index contributed by atoms with van der Waals surface area (Å²) in [6.07, 6.45) is 2.77. The average Bonchev–Trinajstić information content (AvgIpc) is 2.27. The Bertz CT molecular complexity index is 401. The Balaban J connectivity index is 1.94. The van der Waals surface area contributed by atoms with Crippen molar-refractivity contribution in [3.8, 4) is 0 Å². The monoisotopic (exact) mass is 237 g/mol. The topological polar surface area (TPSA) is 79.5 Å². The molecule has 0 aliphatic heterocycles. The number of hydrogen-bond donors (Lipinski definition) is 1. The van der Waals surface area contributed by atoms with Gasteiger partial charge < -0.3 is 10.0 Å². The van der Waals surface area contributed by atoms with E-state index in [1.807, 2.05) is 11.9 Å². The van der Waals surface area contributed by atoms with E-state index in [-0.39, 0.29) is 11.8 Å². The molecule has 92 valence electrons. The van der Waals surface area contributed by atoms with E-state index in [0.717, 1.165) is 25.2 Å². The van der Waals surface area contributed by atoms with Gasteiger partial charge in [-0.25, -0.2) is 4.98 Å². The summed E-state index contributed by atoms with van der Waals surface area (Å²) >= 11 is 0. The van der Waals surface area contributed by atoms with Gasteiger partial charge in [-0.2, -0.15) is 0 Å². The zero-order valence-corrected chi connectivity index (χ0v) is 9.61. The first-order valence-electron chi connectivity index (χ1n) is 5.56. The predicted octanol–water partition coefficient (Wildman–Crippen LogP) is 1.20. The average molecular weight is 237 g/mol. The lowest BCUT2D eigenvalue weighted by Crippen LogP contribution is -2.37. The standard InChI is InChI=1S/C11H15N3O3/c1-13(7-8-4-10(15)5-8)11-3-2-9(6-12-11)14(16)17/h2-3,6,8,10,15H,4-5,7H2,1H3. The molecule has 0 amide bonds. The van der Waals surface area contributed by atoms with Crippen LogP contribution in [0.25, 0.3) is 0 Å². The lowest BCUT2D eigenvalue weighted by molar-refractivity contribution is -0.385. The van der Waals surface area contributed by atoms with Crippen LogP contribution in [0.4, 0.5) is 11.5 Å². The number of aliphatic hydroxyl groups is 1. The van der Waals surface area contributed by atoms with Crippen LogP contribution in [0.3, 0.4) is 0 Å². The van der Waals surface area contributed by atoms with E-state index >= 15 is 0 Å². The molecule has 17 heavy (non-hydrogen) atoms. The van der Waals surface area contributed by atoms with Crippen molar-refractivity contribution in [3.05, 3.63) is 28.4 Å². The molecule has 1 fully saturated rings. The van der Waals surface area contributed by atoms with Crippen LogP contribution in [0.2, 0.25) is 0 Å². The molecule has 0 spiro atoms. The molecule has 1 aromatic heterocycles.